The van der Waals surface area contributed by atoms with Crippen LogP contribution in [0.5, 0.6) is 5.75 Å². The van der Waals surface area contributed by atoms with Crippen LogP contribution in [0.4, 0.5) is 11.4 Å². The van der Waals surface area contributed by atoms with Crippen LogP contribution < -0.4 is 15.4 Å². The van der Waals surface area contributed by atoms with Crippen LogP contribution in [0.15, 0.2) is 48.5 Å². The van der Waals surface area contributed by atoms with Crippen molar-refractivity contribution in [3.8, 4) is 5.75 Å². The highest BCUT2D eigenvalue weighted by molar-refractivity contribution is 5.96. The van der Waals surface area contributed by atoms with Gasteiger partial charge in [0.2, 0.25) is 5.91 Å². The molecule has 3 rings (SSSR count). The number of piperidine rings is 1. The number of ether oxygens (including phenoxy) is 1. The highest BCUT2D eigenvalue weighted by Crippen LogP contribution is 2.19. The van der Waals surface area contributed by atoms with Crippen molar-refractivity contribution in [2.24, 2.45) is 5.92 Å². The molecule has 0 unspecified atom stereocenters. The summed E-state index contributed by atoms with van der Waals surface area (Å²) < 4.78 is 5.17. The van der Waals surface area contributed by atoms with E-state index in [0.717, 1.165) is 37.4 Å². The fourth-order valence-electron chi connectivity index (χ4n) is 3.21. The van der Waals surface area contributed by atoms with Crippen LogP contribution in [-0.4, -0.2) is 43.5 Å². The molecule has 1 saturated heterocycles. The third kappa shape index (κ3) is 5.25. The molecule has 0 aliphatic carbocycles. The quantitative estimate of drug-likeness (QED) is 0.802. The van der Waals surface area contributed by atoms with E-state index in [1.165, 1.54) is 0 Å². The SMILES string of the molecule is COc1cccc(NCC(=O)Nc2ccc(C(=O)N3CCC(C)CC3)cc2)c1. The fraction of sp³-hybridized carbons (Fsp3) is 0.364. The van der Waals surface area contributed by atoms with Crippen molar-refractivity contribution in [3.05, 3.63) is 54.1 Å². The molecule has 2 N–H and O–H groups in total. The van der Waals surface area contributed by atoms with Gasteiger partial charge in [-0.25, -0.2) is 0 Å². The maximum atomic E-state index is 12.6. The van der Waals surface area contributed by atoms with Crippen molar-refractivity contribution >= 4 is 23.2 Å². The van der Waals surface area contributed by atoms with Crippen LogP contribution in [-0.2, 0) is 4.79 Å². The number of hydrogen-bond donors (Lipinski definition) is 2. The standard InChI is InChI=1S/C22H27N3O3/c1-16-10-12-25(13-11-16)22(27)17-6-8-18(9-7-17)24-21(26)15-23-19-4-3-5-20(14-19)28-2/h3-9,14,16,23H,10-13,15H2,1-2H3,(H,24,26). The Morgan fingerprint density at radius 3 is 2.46 bits per heavy atom. The van der Waals surface area contributed by atoms with Crippen molar-refractivity contribution in [1.29, 1.82) is 0 Å². The van der Waals surface area contributed by atoms with Crippen LogP contribution in [0.1, 0.15) is 30.1 Å². The first-order valence-electron chi connectivity index (χ1n) is 9.62. The van der Waals surface area contributed by atoms with Crippen molar-refractivity contribution in [1.82, 2.24) is 4.90 Å². The zero-order chi connectivity index (χ0) is 19.9. The molecular formula is C22H27N3O3. The molecule has 0 atom stereocenters. The molecule has 0 spiro atoms. The predicted molar refractivity (Wildman–Crippen MR) is 111 cm³/mol. The van der Waals surface area contributed by atoms with Crippen LogP contribution in [0, 0.1) is 5.92 Å². The van der Waals surface area contributed by atoms with Gasteiger partial charge >= 0.3 is 0 Å². The molecule has 2 aromatic carbocycles. The first kappa shape index (κ1) is 19.7. The van der Waals surface area contributed by atoms with Gasteiger partial charge in [0.25, 0.3) is 5.91 Å². The van der Waals surface area contributed by atoms with Crippen LogP contribution in [0.25, 0.3) is 0 Å². The summed E-state index contributed by atoms with van der Waals surface area (Å²) >= 11 is 0. The number of rotatable bonds is 6. The van der Waals surface area contributed by atoms with Crippen molar-refractivity contribution in [3.63, 3.8) is 0 Å². The Kier molecular flexibility index (Phi) is 6.53. The molecule has 0 radical (unpaired) electrons. The highest BCUT2D eigenvalue weighted by atomic mass is 16.5. The van der Waals surface area contributed by atoms with E-state index in [9.17, 15) is 9.59 Å². The first-order valence-corrected chi connectivity index (χ1v) is 9.62. The zero-order valence-electron chi connectivity index (χ0n) is 16.4. The molecule has 0 saturated carbocycles. The summed E-state index contributed by atoms with van der Waals surface area (Å²) in [6.45, 7) is 3.99. The Morgan fingerprint density at radius 2 is 1.79 bits per heavy atom. The van der Waals surface area contributed by atoms with Gasteiger partial charge in [-0.1, -0.05) is 13.0 Å². The molecule has 0 bridgehead atoms. The van der Waals surface area contributed by atoms with Gasteiger partial charge in [0, 0.05) is 36.1 Å². The lowest BCUT2D eigenvalue weighted by molar-refractivity contribution is -0.114. The first-order chi connectivity index (χ1) is 13.5. The second-order valence-electron chi connectivity index (χ2n) is 7.19. The average Bonchev–Trinajstić information content (AvgIpc) is 2.73. The number of hydrogen-bond acceptors (Lipinski definition) is 4. The largest absolute Gasteiger partial charge is 0.497 e. The van der Waals surface area contributed by atoms with Gasteiger partial charge in [-0.3, -0.25) is 9.59 Å². The summed E-state index contributed by atoms with van der Waals surface area (Å²) in [4.78, 5) is 26.6. The molecule has 6 nitrogen and oxygen atoms in total. The normalized spacial score (nSPS) is 14.4. The summed E-state index contributed by atoms with van der Waals surface area (Å²) in [6, 6.07) is 14.5. The molecular weight excluding hydrogens is 354 g/mol. The number of amides is 2. The van der Waals surface area contributed by atoms with E-state index >= 15 is 0 Å². The third-order valence-corrected chi connectivity index (χ3v) is 5.01. The number of nitrogens with one attached hydrogen (secondary N) is 2. The van der Waals surface area contributed by atoms with Gasteiger partial charge in [0.05, 0.1) is 13.7 Å². The van der Waals surface area contributed by atoms with E-state index in [0.29, 0.717) is 17.2 Å². The Bertz CT molecular complexity index is 812. The minimum Gasteiger partial charge on any atom is -0.497 e. The topological polar surface area (TPSA) is 70.7 Å². The summed E-state index contributed by atoms with van der Waals surface area (Å²) in [5.74, 6) is 1.32. The number of carbonyl (C=O) groups is 2. The molecule has 28 heavy (non-hydrogen) atoms. The fourth-order valence-corrected chi connectivity index (χ4v) is 3.21. The van der Waals surface area contributed by atoms with Gasteiger partial charge in [0.15, 0.2) is 0 Å². The lowest BCUT2D eigenvalue weighted by atomic mass is 9.98. The lowest BCUT2D eigenvalue weighted by Gasteiger charge is -2.30. The monoisotopic (exact) mass is 381 g/mol. The molecule has 2 amide bonds. The van der Waals surface area contributed by atoms with Gasteiger partial charge in [-0.15, -0.1) is 0 Å². The van der Waals surface area contributed by atoms with E-state index in [2.05, 4.69) is 17.6 Å². The second kappa shape index (κ2) is 9.26. The van der Waals surface area contributed by atoms with E-state index in [1.54, 1.807) is 31.4 Å². The Morgan fingerprint density at radius 1 is 1.07 bits per heavy atom. The molecule has 6 heteroatoms. The summed E-state index contributed by atoms with van der Waals surface area (Å²) in [6.07, 6.45) is 2.11. The number of benzene rings is 2. The summed E-state index contributed by atoms with van der Waals surface area (Å²) in [5.41, 5.74) is 2.13. The average molecular weight is 381 g/mol. The van der Waals surface area contributed by atoms with Crippen molar-refractivity contribution in [2.45, 2.75) is 19.8 Å². The Hall–Kier alpha value is -3.02. The molecule has 0 aromatic heterocycles. The maximum absolute atomic E-state index is 12.6. The molecule has 1 fully saturated rings. The summed E-state index contributed by atoms with van der Waals surface area (Å²) in [5, 5.41) is 5.90. The van der Waals surface area contributed by atoms with Crippen LogP contribution >= 0.6 is 0 Å². The lowest BCUT2D eigenvalue weighted by Crippen LogP contribution is -2.37. The number of nitrogens with zero attached hydrogens (tertiary/aromatic N) is 1. The molecule has 1 heterocycles. The number of methoxy groups -OCH3 is 1. The minimum absolute atomic E-state index is 0.0597. The summed E-state index contributed by atoms with van der Waals surface area (Å²) in [7, 11) is 1.60. The van der Waals surface area contributed by atoms with E-state index < -0.39 is 0 Å². The molecule has 1 aliphatic heterocycles. The van der Waals surface area contributed by atoms with Gasteiger partial charge in [0.1, 0.15) is 5.75 Å². The van der Waals surface area contributed by atoms with E-state index in [4.69, 9.17) is 4.74 Å². The van der Waals surface area contributed by atoms with Gasteiger partial charge < -0.3 is 20.3 Å². The van der Waals surface area contributed by atoms with E-state index in [-0.39, 0.29) is 18.4 Å². The Labute approximate surface area is 165 Å². The third-order valence-electron chi connectivity index (χ3n) is 5.01. The molecule has 1 aliphatic rings. The minimum atomic E-state index is -0.160. The zero-order valence-corrected chi connectivity index (χ0v) is 16.4. The van der Waals surface area contributed by atoms with Gasteiger partial charge in [-0.2, -0.15) is 0 Å². The van der Waals surface area contributed by atoms with Crippen molar-refractivity contribution in [2.75, 3.05) is 37.4 Å². The number of anilines is 2. The van der Waals surface area contributed by atoms with Gasteiger partial charge in [-0.05, 0) is 55.2 Å². The predicted octanol–water partition coefficient (Wildman–Crippen LogP) is 3.62. The molecule has 2 aromatic rings. The van der Waals surface area contributed by atoms with Crippen molar-refractivity contribution < 1.29 is 14.3 Å². The van der Waals surface area contributed by atoms with Crippen LogP contribution in [0.3, 0.4) is 0 Å². The van der Waals surface area contributed by atoms with E-state index in [1.807, 2.05) is 29.2 Å². The Balaban J connectivity index is 1.50. The highest BCUT2D eigenvalue weighted by Gasteiger charge is 2.21. The van der Waals surface area contributed by atoms with Crippen LogP contribution in [0.2, 0.25) is 0 Å². The number of likely N-dealkylation sites (tertiary alicyclic amines) is 1. The number of carbonyl (C=O) groups excluding carboxylic acids is 2. The second-order valence-corrected chi connectivity index (χ2v) is 7.19. The molecule has 148 valence electrons. The maximum Gasteiger partial charge on any atom is 0.253 e. The smallest absolute Gasteiger partial charge is 0.253 e.